The second-order valence-electron chi connectivity index (χ2n) is 6.16. The molecule has 21 heavy (non-hydrogen) atoms. The van der Waals surface area contributed by atoms with Crippen molar-refractivity contribution in [2.75, 3.05) is 5.75 Å². The summed E-state index contributed by atoms with van der Waals surface area (Å²) in [6, 6.07) is -1.52. The average molecular weight is 316 g/mol. The lowest BCUT2D eigenvalue weighted by Gasteiger charge is -2.36. The Morgan fingerprint density at radius 3 is 2.62 bits per heavy atom. The topological polar surface area (TPSA) is 95.9 Å². The molecule has 0 radical (unpaired) electrons. The van der Waals surface area contributed by atoms with E-state index in [1.54, 1.807) is 20.8 Å². The quantitative estimate of drug-likeness (QED) is 0.790. The average Bonchev–Trinajstić information content (AvgIpc) is 2.75. The zero-order chi connectivity index (χ0) is 15.8. The molecule has 0 aromatic rings. The van der Waals surface area contributed by atoms with Gasteiger partial charge in [-0.25, -0.2) is 9.59 Å². The van der Waals surface area contributed by atoms with E-state index in [1.807, 2.05) is 0 Å². The van der Waals surface area contributed by atoms with Gasteiger partial charge >= 0.3 is 12.1 Å². The van der Waals surface area contributed by atoms with Crippen LogP contribution < -0.4 is 5.32 Å². The molecule has 0 aromatic carbocycles. The number of carbonyl (C=O) groups excluding carboxylic acids is 2. The number of aliphatic carboxylic acids is 1. The van der Waals surface area contributed by atoms with Gasteiger partial charge in [0, 0.05) is 5.75 Å². The van der Waals surface area contributed by atoms with Crippen molar-refractivity contribution in [1.29, 1.82) is 0 Å². The number of thioether (sulfide) groups is 1. The Hall–Kier alpha value is -1.44. The molecule has 3 unspecified atom stereocenters. The smallest absolute Gasteiger partial charge is 0.408 e. The molecule has 2 amide bonds. The number of hydrogen-bond donors (Lipinski definition) is 2. The maximum absolute atomic E-state index is 12.4. The number of carbonyl (C=O) groups is 3. The molecular weight excluding hydrogens is 296 g/mol. The van der Waals surface area contributed by atoms with Crippen LogP contribution in [0, 0.1) is 0 Å². The van der Waals surface area contributed by atoms with Gasteiger partial charge in [-0.05, 0) is 33.6 Å². The normalized spacial score (nSPS) is 29.0. The number of alkyl carbamates (subject to hydrolysis) is 1. The number of ether oxygens (including phenoxy) is 1. The molecule has 0 spiro atoms. The summed E-state index contributed by atoms with van der Waals surface area (Å²) in [5.41, 5.74) is -0.641. The lowest BCUT2D eigenvalue weighted by molar-refractivity contribution is -0.151. The molecule has 2 saturated heterocycles. The van der Waals surface area contributed by atoms with Gasteiger partial charge in [0.25, 0.3) is 0 Å². The first-order chi connectivity index (χ1) is 9.69. The second-order valence-corrected chi connectivity index (χ2v) is 7.37. The largest absolute Gasteiger partial charge is 0.480 e. The Labute approximate surface area is 127 Å². The molecule has 0 saturated carbocycles. The zero-order valence-electron chi connectivity index (χ0n) is 12.3. The highest BCUT2D eigenvalue weighted by molar-refractivity contribution is 8.00. The van der Waals surface area contributed by atoms with Crippen molar-refractivity contribution < 1.29 is 24.2 Å². The molecule has 8 heteroatoms. The molecular formula is C13H20N2O5S. The third kappa shape index (κ3) is 3.61. The van der Waals surface area contributed by atoms with E-state index in [0.29, 0.717) is 18.6 Å². The van der Waals surface area contributed by atoms with E-state index in [-0.39, 0.29) is 11.3 Å². The number of amides is 2. The summed E-state index contributed by atoms with van der Waals surface area (Å²) in [5, 5.41) is 11.6. The van der Waals surface area contributed by atoms with Gasteiger partial charge in [0.2, 0.25) is 5.91 Å². The van der Waals surface area contributed by atoms with Crippen LogP contribution in [-0.4, -0.2) is 56.8 Å². The maximum Gasteiger partial charge on any atom is 0.408 e. The van der Waals surface area contributed by atoms with E-state index < -0.39 is 29.7 Å². The van der Waals surface area contributed by atoms with Crippen LogP contribution in [0.2, 0.25) is 0 Å². The number of carboxylic acid groups (broad SMARTS) is 1. The Morgan fingerprint density at radius 1 is 1.38 bits per heavy atom. The van der Waals surface area contributed by atoms with E-state index in [9.17, 15) is 19.5 Å². The van der Waals surface area contributed by atoms with Gasteiger partial charge in [-0.1, -0.05) is 0 Å². The van der Waals surface area contributed by atoms with Crippen LogP contribution in [0.25, 0.3) is 0 Å². The lowest BCUT2D eigenvalue weighted by atomic mass is 10.0. The summed E-state index contributed by atoms with van der Waals surface area (Å²) in [6.07, 6.45) is 0.511. The number of piperidine rings is 1. The number of nitrogens with zero attached hydrogens (tertiary/aromatic N) is 1. The summed E-state index contributed by atoms with van der Waals surface area (Å²) in [7, 11) is 0. The highest BCUT2D eigenvalue weighted by atomic mass is 32.2. The Bertz CT molecular complexity index is 462. The number of rotatable bonds is 2. The van der Waals surface area contributed by atoms with Crippen LogP contribution in [0.3, 0.4) is 0 Å². The number of hydrogen-bond acceptors (Lipinski definition) is 5. The Morgan fingerprint density at radius 2 is 2.05 bits per heavy atom. The molecule has 2 fully saturated rings. The summed E-state index contributed by atoms with van der Waals surface area (Å²) in [6.45, 7) is 5.22. The van der Waals surface area contributed by atoms with Crippen molar-refractivity contribution in [2.45, 2.75) is 56.7 Å². The number of nitrogens with one attached hydrogen (secondary N) is 1. The van der Waals surface area contributed by atoms with E-state index in [1.165, 1.54) is 16.7 Å². The fraction of sp³-hybridized carbons (Fsp3) is 0.769. The van der Waals surface area contributed by atoms with Crippen LogP contribution in [-0.2, 0) is 14.3 Å². The van der Waals surface area contributed by atoms with Crippen LogP contribution in [0.4, 0.5) is 4.79 Å². The van der Waals surface area contributed by atoms with Crippen molar-refractivity contribution in [3.05, 3.63) is 0 Å². The highest BCUT2D eigenvalue weighted by Crippen LogP contribution is 2.36. The molecule has 2 N–H and O–H groups in total. The van der Waals surface area contributed by atoms with Crippen LogP contribution in [0.1, 0.15) is 33.6 Å². The summed E-state index contributed by atoms with van der Waals surface area (Å²) >= 11 is 1.48. The van der Waals surface area contributed by atoms with Gasteiger partial charge < -0.3 is 20.1 Å². The van der Waals surface area contributed by atoms with E-state index >= 15 is 0 Å². The summed E-state index contributed by atoms with van der Waals surface area (Å²) in [5.74, 6) is -0.948. The van der Waals surface area contributed by atoms with Crippen LogP contribution >= 0.6 is 11.8 Å². The predicted molar refractivity (Wildman–Crippen MR) is 76.9 cm³/mol. The molecule has 2 aliphatic heterocycles. The van der Waals surface area contributed by atoms with E-state index in [4.69, 9.17) is 4.74 Å². The Kier molecular flexibility index (Phi) is 4.36. The molecule has 2 rings (SSSR count). The second kappa shape index (κ2) is 5.75. The highest BCUT2D eigenvalue weighted by Gasteiger charge is 2.47. The van der Waals surface area contributed by atoms with Crippen molar-refractivity contribution in [3.63, 3.8) is 0 Å². The fourth-order valence-corrected chi connectivity index (χ4v) is 3.89. The molecule has 0 bridgehead atoms. The van der Waals surface area contributed by atoms with Crippen LogP contribution in [0.15, 0.2) is 0 Å². The first-order valence-electron chi connectivity index (χ1n) is 6.85. The molecule has 2 aliphatic rings. The van der Waals surface area contributed by atoms with Crippen molar-refractivity contribution >= 4 is 29.7 Å². The molecule has 118 valence electrons. The fourth-order valence-electron chi connectivity index (χ4n) is 2.47. The number of fused-ring (bicyclic) bond motifs is 1. The maximum atomic E-state index is 12.4. The van der Waals surface area contributed by atoms with Gasteiger partial charge in [0.1, 0.15) is 17.7 Å². The van der Waals surface area contributed by atoms with Gasteiger partial charge in [0.05, 0.1) is 5.37 Å². The van der Waals surface area contributed by atoms with Gasteiger partial charge in [-0.2, -0.15) is 0 Å². The van der Waals surface area contributed by atoms with Gasteiger partial charge in [-0.3, -0.25) is 4.79 Å². The Balaban J connectivity index is 2.02. The molecule has 7 nitrogen and oxygen atoms in total. The third-order valence-corrected chi connectivity index (χ3v) is 4.68. The number of carboxylic acids is 1. The molecule has 0 aliphatic carbocycles. The standard InChI is InChI=1S/C13H20N2O5S/c1-13(2,3)20-12(19)14-7-4-5-9-15(10(7)16)8(6-21-9)11(17)18/h7-9H,4-6H2,1-3H3,(H,14,19)(H,17,18). The minimum atomic E-state index is -1.00. The van der Waals surface area contributed by atoms with Crippen molar-refractivity contribution in [1.82, 2.24) is 10.2 Å². The van der Waals surface area contributed by atoms with Gasteiger partial charge in [-0.15, -0.1) is 11.8 Å². The summed E-state index contributed by atoms with van der Waals surface area (Å²) in [4.78, 5) is 36.7. The first kappa shape index (κ1) is 15.9. The minimum Gasteiger partial charge on any atom is -0.480 e. The van der Waals surface area contributed by atoms with Crippen LogP contribution in [0.5, 0.6) is 0 Å². The van der Waals surface area contributed by atoms with Crippen molar-refractivity contribution in [3.8, 4) is 0 Å². The van der Waals surface area contributed by atoms with E-state index in [2.05, 4.69) is 5.32 Å². The molecule has 3 atom stereocenters. The van der Waals surface area contributed by atoms with E-state index in [0.717, 1.165) is 0 Å². The van der Waals surface area contributed by atoms with Gasteiger partial charge in [0.15, 0.2) is 0 Å². The zero-order valence-corrected chi connectivity index (χ0v) is 13.1. The monoisotopic (exact) mass is 316 g/mol. The minimum absolute atomic E-state index is 0.102. The predicted octanol–water partition coefficient (Wildman–Crippen LogP) is 1.03. The molecule has 0 aromatic heterocycles. The first-order valence-corrected chi connectivity index (χ1v) is 7.90. The summed E-state index contributed by atoms with van der Waals surface area (Å²) < 4.78 is 5.13. The lowest BCUT2D eigenvalue weighted by Crippen LogP contribution is -2.58. The van der Waals surface area contributed by atoms with Crippen molar-refractivity contribution in [2.24, 2.45) is 0 Å². The third-order valence-electron chi connectivity index (χ3n) is 3.32. The SMILES string of the molecule is CC(C)(C)OC(=O)NC1CCC2SCC(C(=O)O)N2C1=O. The molecule has 2 heterocycles.